The number of β-amino-alcohol motifs (C(OH)–C–C–N with tert-alkyl or cyclic N) is 1. The number of benzene rings is 1. The zero-order valence-electron chi connectivity index (χ0n) is 19.6. The Hall–Kier alpha value is -2.76. The van der Waals surface area contributed by atoms with Crippen molar-refractivity contribution in [2.24, 2.45) is 0 Å². The lowest BCUT2D eigenvalue weighted by molar-refractivity contribution is 0.0474. The summed E-state index contributed by atoms with van der Waals surface area (Å²) < 4.78 is 0. The van der Waals surface area contributed by atoms with Crippen molar-refractivity contribution in [3.63, 3.8) is 0 Å². The molecule has 1 N–H and O–H groups in total. The molecule has 3 aromatic rings. The molecule has 0 radical (unpaired) electrons. The number of likely N-dealkylation sites (tertiary alicyclic amines) is 1. The first-order valence-corrected chi connectivity index (χ1v) is 11.7. The zero-order chi connectivity index (χ0) is 23.8. The van der Waals surface area contributed by atoms with Gasteiger partial charge in [0.2, 0.25) is 0 Å². The van der Waals surface area contributed by atoms with Crippen molar-refractivity contribution in [3.8, 4) is 22.3 Å². The number of carbonyl (C=O) groups excluding carboxylic acids is 1. The Morgan fingerprint density at radius 2 is 1.88 bits per heavy atom. The summed E-state index contributed by atoms with van der Waals surface area (Å²) in [7, 11) is 0. The molecule has 5 nitrogen and oxygen atoms in total. The largest absolute Gasteiger partial charge is 0.391 e. The maximum atomic E-state index is 12.9. The van der Waals surface area contributed by atoms with Crippen LogP contribution >= 0.6 is 11.6 Å². The molecule has 1 atom stereocenters. The molecule has 4 rings (SSSR count). The number of carbonyl (C=O) groups is 1. The minimum Gasteiger partial charge on any atom is -0.391 e. The van der Waals surface area contributed by atoms with Gasteiger partial charge in [-0.25, -0.2) is 0 Å². The molecule has 0 aliphatic carbocycles. The summed E-state index contributed by atoms with van der Waals surface area (Å²) in [6.07, 6.45) is 6.61. The second-order valence-electron chi connectivity index (χ2n) is 9.78. The van der Waals surface area contributed by atoms with E-state index >= 15 is 0 Å². The van der Waals surface area contributed by atoms with E-state index < -0.39 is 6.10 Å². The molecule has 0 saturated carbocycles. The van der Waals surface area contributed by atoms with E-state index in [1.165, 1.54) is 0 Å². The molecule has 172 valence electrons. The molecule has 3 heterocycles. The van der Waals surface area contributed by atoms with Crippen LogP contribution in [0.5, 0.6) is 0 Å². The summed E-state index contributed by atoms with van der Waals surface area (Å²) in [5, 5.41) is 10.4. The summed E-state index contributed by atoms with van der Waals surface area (Å²) >= 11 is 6.67. The highest BCUT2D eigenvalue weighted by atomic mass is 35.5. The topological polar surface area (TPSA) is 66.3 Å². The van der Waals surface area contributed by atoms with Crippen LogP contribution < -0.4 is 0 Å². The highest BCUT2D eigenvalue weighted by Gasteiger charge is 2.24. The minimum absolute atomic E-state index is 0.0506. The molecule has 1 amide bonds. The number of piperidine rings is 1. The molecule has 0 bridgehead atoms. The fourth-order valence-corrected chi connectivity index (χ4v) is 4.57. The molecule has 6 heteroatoms. The van der Waals surface area contributed by atoms with Gasteiger partial charge in [0.15, 0.2) is 0 Å². The standard InChI is InChI=1S/C27H30ClN3O2/c1-17-22(18-9-10-30-25(13-18)27(2,3)4)14-29-15-23(17)21-8-7-19(12-24(21)28)26(33)31-11-5-6-20(32)16-31/h7-10,12-15,20,32H,5-6,11,16H2,1-4H3. The van der Waals surface area contributed by atoms with E-state index in [1.54, 1.807) is 17.0 Å². The molecule has 1 unspecified atom stereocenters. The molecule has 1 saturated heterocycles. The van der Waals surface area contributed by atoms with Crippen LogP contribution in [0.1, 0.15) is 55.2 Å². The van der Waals surface area contributed by atoms with Crippen LogP contribution in [0.25, 0.3) is 22.3 Å². The summed E-state index contributed by atoms with van der Waals surface area (Å²) in [6.45, 7) is 9.53. The molecule has 1 aromatic carbocycles. The third-order valence-corrected chi connectivity index (χ3v) is 6.56. The SMILES string of the molecule is Cc1c(-c2ccnc(C(C)(C)C)c2)cncc1-c1ccc(C(=O)N2CCCC(O)C2)cc1Cl. The van der Waals surface area contributed by atoms with E-state index in [1.807, 2.05) is 30.7 Å². The van der Waals surface area contributed by atoms with E-state index in [0.29, 0.717) is 23.7 Å². The number of aromatic nitrogens is 2. The van der Waals surface area contributed by atoms with Gasteiger partial charge in [-0.05, 0) is 55.2 Å². The third kappa shape index (κ3) is 4.94. The predicted octanol–water partition coefficient (Wildman–Crippen LogP) is 5.67. The number of hydrogen-bond acceptors (Lipinski definition) is 4. The predicted molar refractivity (Wildman–Crippen MR) is 132 cm³/mol. The normalized spacial score (nSPS) is 16.7. The Labute approximate surface area is 200 Å². The summed E-state index contributed by atoms with van der Waals surface area (Å²) in [5.41, 5.74) is 6.42. The lowest BCUT2D eigenvalue weighted by Gasteiger charge is -2.30. The first-order chi connectivity index (χ1) is 15.6. The van der Waals surface area contributed by atoms with Gasteiger partial charge in [0, 0.05) is 70.1 Å². The summed E-state index contributed by atoms with van der Waals surface area (Å²) in [5.74, 6) is -0.0997. The highest BCUT2D eigenvalue weighted by molar-refractivity contribution is 6.33. The highest BCUT2D eigenvalue weighted by Crippen LogP contribution is 2.36. The lowest BCUT2D eigenvalue weighted by atomic mass is 9.89. The van der Waals surface area contributed by atoms with Gasteiger partial charge < -0.3 is 10.0 Å². The van der Waals surface area contributed by atoms with E-state index in [4.69, 9.17) is 11.6 Å². The van der Waals surface area contributed by atoms with Gasteiger partial charge in [-0.2, -0.15) is 0 Å². The smallest absolute Gasteiger partial charge is 0.253 e. The van der Waals surface area contributed by atoms with E-state index in [-0.39, 0.29) is 11.3 Å². The van der Waals surface area contributed by atoms with Crippen molar-refractivity contribution in [2.75, 3.05) is 13.1 Å². The first kappa shape index (κ1) is 23.4. The quantitative estimate of drug-likeness (QED) is 0.543. The molecule has 1 aliphatic heterocycles. The van der Waals surface area contributed by atoms with Gasteiger partial charge >= 0.3 is 0 Å². The maximum Gasteiger partial charge on any atom is 0.253 e. The van der Waals surface area contributed by atoms with Crippen LogP contribution in [0, 0.1) is 6.92 Å². The summed E-state index contributed by atoms with van der Waals surface area (Å²) in [6, 6.07) is 9.53. The number of amides is 1. The number of nitrogens with zero attached hydrogens (tertiary/aromatic N) is 3. The van der Waals surface area contributed by atoms with Crippen molar-refractivity contribution in [1.29, 1.82) is 0 Å². The monoisotopic (exact) mass is 463 g/mol. The Balaban J connectivity index is 1.67. The van der Waals surface area contributed by atoms with Gasteiger partial charge in [0.1, 0.15) is 0 Å². The van der Waals surface area contributed by atoms with Crippen molar-refractivity contribution < 1.29 is 9.90 Å². The van der Waals surface area contributed by atoms with Crippen molar-refractivity contribution >= 4 is 17.5 Å². The van der Waals surface area contributed by atoms with Gasteiger partial charge in [0.05, 0.1) is 6.10 Å². The molecular weight excluding hydrogens is 434 g/mol. The van der Waals surface area contributed by atoms with Gasteiger partial charge in [-0.3, -0.25) is 14.8 Å². The number of hydrogen-bond donors (Lipinski definition) is 1. The van der Waals surface area contributed by atoms with E-state index in [0.717, 1.165) is 46.4 Å². The van der Waals surface area contributed by atoms with Crippen LogP contribution in [-0.4, -0.2) is 45.1 Å². The Morgan fingerprint density at radius 3 is 2.58 bits per heavy atom. The van der Waals surface area contributed by atoms with E-state index in [2.05, 4.69) is 43.7 Å². The Morgan fingerprint density at radius 1 is 1.12 bits per heavy atom. The lowest BCUT2D eigenvalue weighted by Crippen LogP contribution is -2.42. The molecule has 1 fully saturated rings. The molecule has 33 heavy (non-hydrogen) atoms. The maximum absolute atomic E-state index is 12.9. The third-order valence-electron chi connectivity index (χ3n) is 6.24. The Kier molecular flexibility index (Phi) is 6.55. The van der Waals surface area contributed by atoms with Crippen molar-refractivity contribution in [2.45, 2.75) is 52.1 Å². The van der Waals surface area contributed by atoms with Crippen LogP contribution in [0.3, 0.4) is 0 Å². The fraction of sp³-hybridized carbons (Fsp3) is 0.370. The number of aliphatic hydroxyl groups excluding tert-OH is 1. The number of halogens is 1. The Bertz CT molecular complexity index is 1190. The van der Waals surface area contributed by atoms with Crippen molar-refractivity contribution in [3.05, 3.63) is 70.8 Å². The molecule has 2 aromatic heterocycles. The van der Waals surface area contributed by atoms with Crippen molar-refractivity contribution in [1.82, 2.24) is 14.9 Å². The molecule has 1 aliphatic rings. The zero-order valence-corrected chi connectivity index (χ0v) is 20.4. The number of pyridine rings is 2. The number of aliphatic hydroxyl groups is 1. The second kappa shape index (κ2) is 9.24. The minimum atomic E-state index is -0.458. The second-order valence-corrected chi connectivity index (χ2v) is 10.2. The molecule has 0 spiro atoms. The first-order valence-electron chi connectivity index (χ1n) is 11.3. The average molecular weight is 464 g/mol. The van der Waals surface area contributed by atoms with Crippen LogP contribution in [0.2, 0.25) is 5.02 Å². The molecular formula is C27H30ClN3O2. The summed E-state index contributed by atoms with van der Waals surface area (Å²) in [4.78, 5) is 23.6. The fourth-order valence-electron chi connectivity index (χ4n) is 4.28. The van der Waals surface area contributed by atoms with Crippen LogP contribution in [0.15, 0.2) is 48.9 Å². The van der Waals surface area contributed by atoms with Gasteiger partial charge in [-0.15, -0.1) is 0 Å². The van der Waals surface area contributed by atoms with Crippen LogP contribution in [-0.2, 0) is 5.41 Å². The number of rotatable bonds is 3. The van der Waals surface area contributed by atoms with E-state index in [9.17, 15) is 9.90 Å². The van der Waals surface area contributed by atoms with Gasteiger partial charge in [0.25, 0.3) is 5.91 Å². The average Bonchev–Trinajstić information content (AvgIpc) is 2.78. The van der Waals surface area contributed by atoms with Crippen LogP contribution in [0.4, 0.5) is 0 Å². The van der Waals surface area contributed by atoms with Gasteiger partial charge in [-0.1, -0.05) is 38.4 Å².